The van der Waals surface area contributed by atoms with Crippen LogP contribution in [-0.4, -0.2) is 20.1 Å². The molecule has 3 aromatic rings. The van der Waals surface area contributed by atoms with E-state index in [0.29, 0.717) is 22.7 Å². The molecule has 2 heterocycles. The molecule has 4 N–H and O–H groups in total. The Bertz CT molecular complexity index is 657. The predicted molar refractivity (Wildman–Crippen MR) is 65.4 cm³/mol. The minimum atomic E-state index is 0.101. The van der Waals surface area contributed by atoms with Crippen LogP contribution in [0.4, 0.5) is 5.69 Å². The molecule has 1 aromatic carbocycles. The van der Waals surface area contributed by atoms with Gasteiger partial charge in [0.1, 0.15) is 11.6 Å². The van der Waals surface area contributed by atoms with Gasteiger partial charge in [-0.3, -0.25) is 0 Å². The van der Waals surface area contributed by atoms with Gasteiger partial charge in [0, 0.05) is 18.0 Å². The van der Waals surface area contributed by atoms with Crippen LogP contribution in [0, 0.1) is 0 Å². The number of phenolic OH excluding ortho intramolecular Hbond substituents is 1. The van der Waals surface area contributed by atoms with Crippen molar-refractivity contribution in [2.45, 2.75) is 0 Å². The summed E-state index contributed by atoms with van der Waals surface area (Å²) in [6.07, 6.45) is 1.68. The van der Waals surface area contributed by atoms with E-state index in [9.17, 15) is 5.11 Å². The molecule has 5 nitrogen and oxygen atoms in total. The largest absolute Gasteiger partial charge is 0.507 e. The van der Waals surface area contributed by atoms with E-state index in [4.69, 9.17) is 5.73 Å². The van der Waals surface area contributed by atoms with Crippen molar-refractivity contribution < 1.29 is 5.11 Å². The average Bonchev–Trinajstić information content (AvgIpc) is 2.72. The summed E-state index contributed by atoms with van der Waals surface area (Å²) in [6.45, 7) is 0. The lowest BCUT2D eigenvalue weighted by Gasteiger charge is -2.01. The quantitative estimate of drug-likeness (QED) is 0.553. The molecule has 0 saturated heterocycles. The minimum Gasteiger partial charge on any atom is -0.507 e. The van der Waals surface area contributed by atoms with Gasteiger partial charge in [-0.25, -0.2) is 9.97 Å². The van der Waals surface area contributed by atoms with E-state index in [1.165, 1.54) is 6.07 Å². The highest BCUT2D eigenvalue weighted by atomic mass is 16.3. The number of phenols is 1. The van der Waals surface area contributed by atoms with Crippen LogP contribution in [0.3, 0.4) is 0 Å². The lowest BCUT2D eigenvalue weighted by Crippen LogP contribution is -1.86. The number of anilines is 1. The molecule has 0 bridgehead atoms. The van der Waals surface area contributed by atoms with Crippen molar-refractivity contribution in [3.8, 4) is 17.1 Å². The Balaban J connectivity index is 2.20. The number of nitrogens with two attached hydrogens (primary N) is 1. The summed E-state index contributed by atoms with van der Waals surface area (Å²) in [5, 5.41) is 9.81. The molecule has 0 aliphatic carbocycles. The van der Waals surface area contributed by atoms with Gasteiger partial charge in [-0.15, -0.1) is 0 Å². The van der Waals surface area contributed by atoms with Crippen LogP contribution in [0.5, 0.6) is 5.75 Å². The second-order valence-electron chi connectivity index (χ2n) is 3.74. The number of aromatic hydroxyl groups is 1. The zero-order valence-corrected chi connectivity index (χ0v) is 8.88. The molecule has 3 rings (SSSR count). The number of hydrogen-bond donors (Lipinski definition) is 3. The highest BCUT2D eigenvalue weighted by Crippen LogP contribution is 2.29. The summed E-state index contributed by atoms with van der Waals surface area (Å²) in [6, 6.07) is 8.65. The van der Waals surface area contributed by atoms with E-state index in [0.717, 1.165) is 5.52 Å². The Kier molecular flexibility index (Phi) is 1.98. The van der Waals surface area contributed by atoms with Crippen molar-refractivity contribution in [1.82, 2.24) is 15.0 Å². The Morgan fingerprint density at radius 2 is 2.12 bits per heavy atom. The summed E-state index contributed by atoms with van der Waals surface area (Å²) in [5.41, 5.74) is 8.16. The summed E-state index contributed by atoms with van der Waals surface area (Å²) >= 11 is 0. The second-order valence-corrected chi connectivity index (χ2v) is 3.74. The number of fused-ring (bicyclic) bond motifs is 1. The standard InChI is InChI=1S/C12H10N4O/c13-7-3-4-8(10(17)6-7)11-15-9-2-1-5-14-12(9)16-11/h1-6,17H,13H2,(H,14,15,16). The number of nitrogen functional groups attached to an aromatic ring is 1. The summed E-state index contributed by atoms with van der Waals surface area (Å²) in [5.74, 6) is 0.681. The third-order valence-electron chi connectivity index (χ3n) is 2.53. The van der Waals surface area contributed by atoms with E-state index in [1.807, 2.05) is 12.1 Å². The lowest BCUT2D eigenvalue weighted by atomic mass is 10.2. The molecule has 0 unspecified atom stereocenters. The van der Waals surface area contributed by atoms with Gasteiger partial charge in [-0.2, -0.15) is 0 Å². The first kappa shape index (κ1) is 9.65. The number of aromatic nitrogens is 3. The fourth-order valence-electron chi connectivity index (χ4n) is 1.72. The van der Waals surface area contributed by atoms with E-state index < -0.39 is 0 Å². The van der Waals surface area contributed by atoms with Crippen LogP contribution in [0.15, 0.2) is 36.5 Å². The van der Waals surface area contributed by atoms with Crippen LogP contribution >= 0.6 is 0 Å². The van der Waals surface area contributed by atoms with Gasteiger partial charge in [-0.05, 0) is 24.3 Å². The molecule has 0 aliphatic rings. The van der Waals surface area contributed by atoms with E-state index in [-0.39, 0.29) is 5.75 Å². The maximum absolute atomic E-state index is 9.81. The molecular weight excluding hydrogens is 216 g/mol. The number of nitrogens with zero attached hydrogens (tertiary/aromatic N) is 2. The highest BCUT2D eigenvalue weighted by molar-refractivity contribution is 5.78. The molecule has 0 amide bonds. The van der Waals surface area contributed by atoms with Crippen molar-refractivity contribution >= 4 is 16.9 Å². The normalized spacial score (nSPS) is 10.8. The maximum Gasteiger partial charge on any atom is 0.178 e. The van der Waals surface area contributed by atoms with Crippen LogP contribution in [0.25, 0.3) is 22.6 Å². The van der Waals surface area contributed by atoms with Gasteiger partial charge in [0.2, 0.25) is 0 Å². The second kappa shape index (κ2) is 3.48. The van der Waals surface area contributed by atoms with Crippen LogP contribution < -0.4 is 5.73 Å². The molecule has 0 aliphatic heterocycles. The van der Waals surface area contributed by atoms with E-state index >= 15 is 0 Å². The molecule has 0 atom stereocenters. The summed E-state index contributed by atoms with van der Waals surface area (Å²) in [4.78, 5) is 11.5. The molecular formula is C12H10N4O. The average molecular weight is 226 g/mol. The predicted octanol–water partition coefficient (Wildman–Crippen LogP) is 1.91. The van der Waals surface area contributed by atoms with Gasteiger partial charge >= 0.3 is 0 Å². The van der Waals surface area contributed by atoms with Crippen molar-refractivity contribution in [2.75, 3.05) is 5.73 Å². The highest BCUT2D eigenvalue weighted by Gasteiger charge is 2.09. The summed E-state index contributed by atoms with van der Waals surface area (Å²) in [7, 11) is 0. The first-order valence-corrected chi connectivity index (χ1v) is 5.13. The van der Waals surface area contributed by atoms with Crippen LogP contribution in [-0.2, 0) is 0 Å². The number of hydrogen-bond acceptors (Lipinski definition) is 4. The zero-order valence-electron chi connectivity index (χ0n) is 8.88. The van der Waals surface area contributed by atoms with Crippen LogP contribution in [0.1, 0.15) is 0 Å². The minimum absolute atomic E-state index is 0.101. The number of benzene rings is 1. The number of rotatable bonds is 1. The van der Waals surface area contributed by atoms with E-state index in [2.05, 4.69) is 15.0 Å². The van der Waals surface area contributed by atoms with Crippen molar-refractivity contribution in [3.63, 3.8) is 0 Å². The Morgan fingerprint density at radius 1 is 1.24 bits per heavy atom. The molecule has 5 heteroatoms. The van der Waals surface area contributed by atoms with Crippen molar-refractivity contribution in [3.05, 3.63) is 36.5 Å². The third-order valence-corrected chi connectivity index (χ3v) is 2.53. The van der Waals surface area contributed by atoms with Gasteiger partial charge in [0.25, 0.3) is 0 Å². The fourth-order valence-corrected chi connectivity index (χ4v) is 1.72. The smallest absolute Gasteiger partial charge is 0.178 e. The lowest BCUT2D eigenvalue weighted by molar-refractivity contribution is 0.477. The topological polar surface area (TPSA) is 87.8 Å². The first-order valence-electron chi connectivity index (χ1n) is 5.13. The summed E-state index contributed by atoms with van der Waals surface area (Å²) < 4.78 is 0. The van der Waals surface area contributed by atoms with Gasteiger partial charge in [0.05, 0.1) is 11.1 Å². The van der Waals surface area contributed by atoms with Crippen molar-refractivity contribution in [1.29, 1.82) is 0 Å². The molecule has 17 heavy (non-hydrogen) atoms. The maximum atomic E-state index is 9.81. The molecule has 2 aromatic heterocycles. The number of H-pyrrole nitrogens is 1. The Labute approximate surface area is 97.0 Å². The molecule has 84 valence electrons. The van der Waals surface area contributed by atoms with E-state index in [1.54, 1.807) is 18.3 Å². The first-order chi connectivity index (χ1) is 8.24. The number of aromatic amines is 1. The molecule has 0 radical (unpaired) electrons. The fraction of sp³-hybridized carbons (Fsp3) is 0. The molecule has 0 fully saturated rings. The van der Waals surface area contributed by atoms with Gasteiger partial charge < -0.3 is 15.8 Å². The molecule has 0 spiro atoms. The number of nitrogens with one attached hydrogen (secondary N) is 1. The monoisotopic (exact) mass is 226 g/mol. The Morgan fingerprint density at radius 3 is 2.88 bits per heavy atom. The van der Waals surface area contributed by atoms with Gasteiger partial charge in [0.15, 0.2) is 5.65 Å². The zero-order chi connectivity index (χ0) is 11.8. The third kappa shape index (κ3) is 1.57. The molecule has 0 saturated carbocycles. The SMILES string of the molecule is Nc1ccc(-c2nc3ncccc3[nH]2)c(O)c1. The van der Waals surface area contributed by atoms with Crippen molar-refractivity contribution in [2.24, 2.45) is 0 Å². The van der Waals surface area contributed by atoms with Gasteiger partial charge in [-0.1, -0.05) is 0 Å². The van der Waals surface area contributed by atoms with Crippen LogP contribution in [0.2, 0.25) is 0 Å². The Hall–Kier alpha value is -2.56. The number of pyridine rings is 1. The number of imidazole rings is 1.